The second kappa shape index (κ2) is 5.37. The molecule has 0 heterocycles. The van der Waals surface area contributed by atoms with E-state index in [2.05, 4.69) is 5.32 Å². The minimum absolute atomic E-state index is 0.0892. The molecule has 0 fully saturated rings. The first kappa shape index (κ1) is 14.1. The van der Waals surface area contributed by atoms with Crippen LogP contribution < -0.4 is 11.1 Å². The average molecular weight is 268 g/mol. The molecule has 3 nitrogen and oxygen atoms in total. The van der Waals surface area contributed by atoms with E-state index in [1.54, 1.807) is 6.07 Å². The van der Waals surface area contributed by atoms with E-state index < -0.39 is 0 Å². The summed E-state index contributed by atoms with van der Waals surface area (Å²) < 4.78 is 0. The normalized spacial score (nSPS) is 10.4. The standard InChI is InChI=1S/C17H20N2O/c1-10-7-12(3)16(13(4)8-10)17(20)19-15-9-14(18)6-5-11(15)2/h5-9H,18H2,1-4H3,(H,19,20). The molecule has 0 unspecified atom stereocenters. The second-order valence-corrected chi connectivity index (χ2v) is 5.30. The third-order valence-corrected chi connectivity index (χ3v) is 3.41. The van der Waals surface area contributed by atoms with Crippen LogP contribution in [0.4, 0.5) is 11.4 Å². The molecule has 0 saturated carbocycles. The summed E-state index contributed by atoms with van der Waals surface area (Å²) in [6.45, 7) is 7.90. The maximum atomic E-state index is 12.5. The number of rotatable bonds is 2. The van der Waals surface area contributed by atoms with Gasteiger partial charge < -0.3 is 11.1 Å². The van der Waals surface area contributed by atoms with Crippen molar-refractivity contribution in [1.82, 2.24) is 0 Å². The number of anilines is 2. The summed E-state index contributed by atoms with van der Waals surface area (Å²) in [6.07, 6.45) is 0. The van der Waals surface area contributed by atoms with Crippen LogP contribution in [0.5, 0.6) is 0 Å². The van der Waals surface area contributed by atoms with E-state index in [1.807, 2.05) is 52.0 Å². The molecule has 0 spiro atoms. The third kappa shape index (κ3) is 2.82. The van der Waals surface area contributed by atoms with E-state index in [4.69, 9.17) is 5.73 Å². The summed E-state index contributed by atoms with van der Waals surface area (Å²) in [4.78, 5) is 12.5. The van der Waals surface area contributed by atoms with Crippen LogP contribution >= 0.6 is 0 Å². The van der Waals surface area contributed by atoms with Crippen LogP contribution in [0.2, 0.25) is 0 Å². The Kier molecular flexibility index (Phi) is 3.79. The second-order valence-electron chi connectivity index (χ2n) is 5.30. The van der Waals surface area contributed by atoms with Crippen LogP contribution in [0.25, 0.3) is 0 Å². The Morgan fingerprint density at radius 2 is 1.55 bits per heavy atom. The molecule has 104 valence electrons. The monoisotopic (exact) mass is 268 g/mol. The summed E-state index contributed by atoms with van der Waals surface area (Å²) >= 11 is 0. The van der Waals surface area contributed by atoms with E-state index in [0.717, 1.165) is 33.5 Å². The lowest BCUT2D eigenvalue weighted by molar-refractivity contribution is 0.102. The Hall–Kier alpha value is -2.29. The zero-order valence-corrected chi connectivity index (χ0v) is 12.4. The van der Waals surface area contributed by atoms with Crippen molar-refractivity contribution in [3.8, 4) is 0 Å². The molecular formula is C17H20N2O. The molecule has 0 radical (unpaired) electrons. The molecule has 3 heteroatoms. The van der Waals surface area contributed by atoms with Crippen molar-refractivity contribution in [1.29, 1.82) is 0 Å². The van der Waals surface area contributed by atoms with Gasteiger partial charge in [-0.25, -0.2) is 0 Å². The fourth-order valence-electron chi connectivity index (χ4n) is 2.50. The highest BCUT2D eigenvalue weighted by Crippen LogP contribution is 2.22. The summed E-state index contributed by atoms with van der Waals surface area (Å²) in [5.41, 5.74) is 12.0. The van der Waals surface area contributed by atoms with Crippen molar-refractivity contribution in [2.24, 2.45) is 0 Å². The van der Waals surface area contributed by atoms with Crippen LogP contribution in [-0.4, -0.2) is 5.91 Å². The average Bonchev–Trinajstić information content (AvgIpc) is 2.32. The Bertz CT molecular complexity index is 652. The molecule has 2 rings (SSSR count). The van der Waals surface area contributed by atoms with Crippen LogP contribution in [0.3, 0.4) is 0 Å². The Balaban J connectivity index is 2.36. The van der Waals surface area contributed by atoms with Gasteiger partial charge in [0.2, 0.25) is 0 Å². The first-order valence-electron chi connectivity index (χ1n) is 6.64. The van der Waals surface area contributed by atoms with Crippen molar-refractivity contribution in [3.63, 3.8) is 0 Å². The number of amides is 1. The van der Waals surface area contributed by atoms with E-state index >= 15 is 0 Å². The van der Waals surface area contributed by atoms with Gasteiger partial charge in [-0.3, -0.25) is 4.79 Å². The predicted molar refractivity (Wildman–Crippen MR) is 84.2 cm³/mol. The fraction of sp³-hybridized carbons (Fsp3) is 0.235. The highest BCUT2D eigenvalue weighted by atomic mass is 16.1. The van der Waals surface area contributed by atoms with Crippen molar-refractivity contribution >= 4 is 17.3 Å². The number of hydrogen-bond acceptors (Lipinski definition) is 2. The lowest BCUT2D eigenvalue weighted by Crippen LogP contribution is -2.16. The number of benzene rings is 2. The van der Waals surface area contributed by atoms with Gasteiger partial charge in [0.05, 0.1) is 0 Å². The number of hydrogen-bond donors (Lipinski definition) is 2. The SMILES string of the molecule is Cc1cc(C)c(C(=O)Nc2cc(N)ccc2C)c(C)c1. The lowest BCUT2D eigenvalue weighted by Gasteiger charge is -2.13. The molecule has 0 saturated heterocycles. The van der Waals surface area contributed by atoms with Gasteiger partial charge in [-0.1, -0.05) is 23.8 Å². The Labute approximate surface area is 119 Å². The number of carbonyl (C=O) groups is 1. The van der Waals surface area contributed by atoms with Gasteiger partial charge in [-0.2, -0.15) is 0 Å². The van der Waals surface area contributed by atoms with Crippen LogP contribution in [0.1, 0.15) is 32.6 Å². The fourth-order valence-corrected chi connectivity index (χ4v) is 2.50. The molecule has 20 heavy (non-hydrogen) atoms. The van der Waals surface area contributed by atoms with Gasteiger partial charge in [0.15, 0.2) is 0 Å². The molecule has 0 atom stereocenters. The van der Waals surface area contributed by atoms with Gasteiger partial charge in [0, 0.05) is 16.9 Å². The van der Waals surface area contributed by atoms with Crippen molar-refractivity contribution < 1.29 is 4.79 Å². The molecular weight excluding hydrogens is 248 g/mol. The lowest BCUT2D eigenvalue weighted by atomic mass is 9.99. The molecule has 0 aliphatic rings. The summed E-state index contributed by atoms with van der Waals surface area (Å²) in [5.74, 6) is -0.0892. The molecule has 1 amide bonds. The summed E-state index contributed by atoms with van der Waals surface area (Å²) in [7, 11) is 0. The van der Waals surface area contributed by atoms with Crippen molar-refractivity contribution in [2.75, 3.05) is 11.1 Å². The quantitative estimate of drug-likeness (QED) is 0.815. The first-order valence-corrected chi connectivity index (χ1v) is 6.64. The molecule has 3 N–H and O–H groups in total. The number of aryl methyl sites for hydroxylation is 4. The van der Waals surface area contributed by atoms with Gasteiger partial charge in [-0.05, 0) is 56.5 Å². The van der Waals surface area contributed by atoms with Crippen LogP contribution in [0, 0.1) is 27.7 Å². The number of nitrogen functional groups attached to an aromatic ring is 1. The van der Waals surface area contributed by atoms with Gasteiger partial charge in [0.25, 0.3) is 5.91 Å². The van der Waals surface area contributed by atoms with E-state index in [9.17, 15) is 4.79 Å². The van der Waals surface area contributed by atoms with Gasteiger partial charge >= 0.3 is 0 Å². The highest BCUT2D eigenvalue weighted by Gasteiger charge is 2.13. The largest absolute Gasteiger partial charge is 0.399 e. The minimum atomic E-state index is -0.0892. The maximum absolute atomic E-state index is 12.5. The smallest absolute Gasteiger partial charge is 0.256 e. The van der Waals surface area contributed by atoms with E-state index in [1.165, 1.54) is 0 Å². The topological polar surface area (TPSA) is 55.1 Å². The summed E-state index contributed by atoms with van der Waals surface area (Å²) in [6, 6.07) is 9.56. The highest BCUT2D eigenvalue weighted by molar-refractivity contribution is 6.06. The molecule has 0 aliphatic heterocycles. The molecule has 2 aromatic carbocycles. The minimum Gasteiger partial charge on any atom is -0.399 e. The molecule has 2 aromatic rings. The third-order valence-electron chi connectivity index (χ3n) is 3.41. The van der Waals surface area contributed by atoms with Gasteiger partial charge in [0.1, 0.15) is 0 Å². The van der Waals surface area contributed by atoms with Crippen molar-refractivity contribution in [3.05, 3.63) is 58.1 Å². The van der Waals surface area contributed by atoms with Crippen LogP contribution in [0.15, 0.2) is 30.3 Å². The number of nitrogens with one attached hydrogen (secondary N) is 1. The number of nitrogens with two attached hydrogens (primary N) is 1. The number of carbonyl (C=O) groups excluding carboxylic acids is 1. The molecule has 0 bridgehead atoms. The van der Waals surface area contributed by atoms with Crippen molar-refractivity contribution in [2.45, 2.75) is 27.7 Å². The van der Waals surface area contributed by atoms with Gasteiger partial charge in [-0.15, -0.1) is 0 Å². The predicted octanol–water partition coefficient (Wildman–Crippen LogP) is 3.75. The Morgan fingerprint density at radius 3 is 2.15 bits per heavy atom. The summed E-state index contributed by atoms with van der Waals surface area (Å²) in [5, 5.41) is 2.95. The van der Waals surface area contributed by atoms with Crippen LogP contribution in [-0.2, 0) is 0 Å². The zero-order valence-electron chi connectivity index (χ0n) is 12.4. The Morgan fingerprint density at radius 1 is 0.950 bits per heavy atom. The van der Waals surface area contributed by atoms with E-state index in [0.29, 0.717) is 5.69 Å². The molecule has 0 aromatic heterocycles. The zero-order chi connectivity index (χ0) is 14.9. The maximum Gasteiger partial charge on any atom is 0.256 e. The first-order chi connectivity index (χ1) is 9.38. The molecule has 0 aliphatic carbocycles. The van der Waals surface area contributed by atoms with E-state index in [-0.39, 0.29) is 5.91 Å².